The second-order valence-electron chi connectivity index (χ2n) is 6.06. The van der Waals surface area contributed by atoms with E-state index in [1.165, 1.54) is 0 Å². The van der Waals surface area contributed by atoms with Gasteiger partial charge in [-0.3, -0.25) is 4.79 Å². The maximum absolute atomic E-state index is 13.1. The summed E-state index contributed by atoms with van der Waals surface area (Å²) in [5, 5.41) is 0. The fraction of sp³-hybridized carbons (Fsp3) is 0.588. The summed E-state index contributed by atoms with van der Waals surface area (Å²) < 4.78 is 10.6. The van der Waals surface area contributed by atoms with Gasteiger partial charge in [0.1, 0.15) is 11.5 Å². The minimum absolute atomic E-state index is 0.0904. The first kappa shape index (κ1) is 15.8. The molecule has 1 aromatic rings. The van der Waals surface area contributed by atoms with Crippen LogP contribution in [-0.2, 0) is 0 Å². The molecule has 1 aliphatic rings. The fourth-order valence-corrected chi connectivity index (χ4v) is 3.12. The summed E-state index contributed by atoms with van der Waals surface area (Å²) in [5.74, 6) is 2.01. The summed E-state index contributed by atoms with van der Waals surface area (Å²) >= 11 is 0. The van der Waals surface area contributed by atoms with Crippen LogP contribution in [0, 0.1) is 11.3 Å². The highest BCUT2D eigenvalue weighted by Gasteiger charge is 2.41. The van der Waals surface area contributed by atoms with Crippen molar-refractivity contribution in [3.05, 3.63) is 23.8 Å². The van der Waals surface area contributed by atoms with Gasteiger partial charge in [-0.2, -0.15) is 0 Å². The van der Waals surface area contributed by atoms with Gasteiger partial charge in [-0.15, -0.1) is 0 Å². The van der Waals surface area contributed by atoms with Crippen LogP contribution in [0.3, 0.4) is 0 Å². The Labute approximate surface area is 126 Å². The van der Waals surface area contributed by atoms with Crippen molar-refractivity contribution in [1.29, 1.82) is 0 Å². The molecule has 21 heavy (non-hydrogen) atoms. The second-order valence-corrected chi connectivity index (χ2v) is 6.06. The number of methoxy groups -OCH3 is 2. The Morgan fingerprint density at radius 1 is 1.29 bits per heavy atom. The van der Waals surface area contributed by atoms with E-state index in [9.17, 15) is 4.79 Å². The van der Waals surface area contributed by atoms with E-state index in [0.29, 0.717) is 29.5 Å². The molecule has 0 saturated heterocycles. The monoisotopic (exact) mass is 291 g/mol. The predicted molar refractivity (Wildman–Crippen MR) is 83.0 cm³/mol. The van der Waals surface area contributed by atoms with Crippen molar-refractivity contribution in [2.45, 2.75) is 32.6 Å². The van der Waals surface area contributed by atoms with Crippen molar-refractivity contribution >= 4 is 5.78 Å². The summed E-state index contributed by atoms with van der Waals surface area (Å²) in [4.78, 5) is 13.1. The number of ketones is 1. The quantitative estimate of drug-likeness (QED) is 0.847. The van der Waals surface area contributed by atoms with Crippen LogP contribution in [0.4, 0.5) is 0 Å². The van der Waals surface area contributed by atoms with E-state index in [-0.39, 0.29) is 5.78 Å². The number of hydrogen-bond acceptors (Lipinski definition) is 4. The summed E-state index contributed by atoms with van der Waals surface area (Å²) in [6, 6.07) is 5.34. The standard InChI is InChI=1S/C17H25NO3/c1-12-6-8-17(11-18,9-7-12)16(19)14-10-13(20-2)4-5-15(14)21-3/h4-5,10,12H,6-9,11,18H2,1-3H3. The Morgan fingerprint density at radius 2 is 1.95 bits per heavy atom. The van der Waals surface area contributed by atoms with Gasteiger partial charge >= 0.3 is 0 Å². The summed E-state index contributed by atoms with van der Waals surface area (Å²) in [6.07, 6.45) is 3.80. The minimum Gasteiger partial charge on any atom is -0.497 e. The molecular formula is C17H25NO3. The van der Waals surface area contributed by atoms with E-state index in [1.807, 2.05) is 0 Å². The highest BCUT2D eigenvalue weighted by Crippen LogP contribution is 2.42. The lowest BCUT2D eigenvalue weighted by Crippen LogP contribution is -2.41. The number of carbonyl (C=O) groups is 1. The molecule has 0 radical (unpaired) electrons. The van der Waals surface area contributed by atoms with E-state index in [2.05, 4.69) is 6.92 Å². The summed E-state index contributed by atoms with van der Waals surface area (Å²) in [7, 11) is 3.17. The van der Waals surface area contributed by atoms with E-state index < -0.39 is 5.41 Å². The molecule has 0 aliphatic heterocycles. The number of ether oxygens (including phenoxy) is 2. The van der Waals surface area contributed by atoms with Crippen LogP contribution >= 0.6 is 0 Å². The smallest absolute Gasteiger partial charge is 0.174 e. The number of nitrogens with two attached hydrogens (primary N) is 1. The Bertz CT molecular complexity index is 505. The van der Waals surface area contributed by atoms with Gasteiger partial charge in [0.25, 0.3) is 0 Å². The SMILES string of the molecule is COc1ccc(OC)c(C(=O)C2(CN)CCC(C)CC2)c1. The minimum atomic E-state index is -0.452. The molecule has 1 fully saturated rings. The number of carbonyl (C=O) groups excluding carboxylic acids is 1. The van der Waals surface area contributed by atoms with Crippen molar-refractivity contribution in [2.75, 3.05) is 20.8 Å². The van der Waals surface area contributed by atoms with Gasteiger partial charge in [0.15, 0.2) is 5.78 Å². The predicted octanol–water partition coefficient (Wildman–Crippen LogP) is 3.04. The Kier molecular flexibility index (Phi) is 4.88. The summed E-state index contributed by atoms with van der Waals surface area (Å²) in [5.41, 5.74) is 6.12. The van der Waals surface area contributed by atoms with Gasteiger partial charge in [0.05, 0.1) is 19.8 Å². The van der Waals surface area contributed by atoms with Crippen molar-refractivity contribution in [1.82, 2.24) is 0 Å². The maximum atomic E-state index is 13.1. The first-order valence-electron chi connectivity index (χ1n) is 7.53. The number of benzene rings is 1. The van der Waals surface area contributed by atoms with E-state index in [1.54, 1.807) is 32.4 Å². The van der Waals surface area contributed by atoms with Crippen molar-refractivity contribution < 1.29 is 14.3 Å². The molecule has 2 rings (SSSR count). The van der Waals surface area contributed by atoms with Crippen LogP contribution in [0.1, 0.15) is 43.0 Å². The third-order valence-corrected chi connectivity index (χ3v) is 4.76. The average Bonchev–Trinajstić information content (AvgIpc) is 2.54. The third kappa shape index (κ3) is 3.05. The zero-order valence-electron chi connectivity index (χ0n) is 13.1. The molecule has 1 saturated carbocycles. The van der Waals surface area contributed by atoms with Gasteiger partial charge in [-0.1, -0.05) is 6.92 Å². The Hall–Kier alpha value is -1.55. The highest BCUT2D eigenvalue weighted by atomic mass is 16.5. The van der Waals surface area contributed by atoms with E-state index >= 15 is 0 Å². The third-order valence-electron chi connectivity index (χ3n) is 4.76. The zero-order valence-corrected chi connectivity index (χ0v) is 13.1. The average molecular weight is 291 g/mol. The van der Waals surface area contributed by atoms with Crippen LogP contribution in [-0.4, -0.2) is 26.5 Å². The largest absolute Gasteiger partial charge is 0.497 e. The van der Waals surface area contributed by atoms with Crippen LogP contribution < -0.4 is 15.2 Å². The molecule has 0 heterocycles. The van der Waals surface area contributed by atoms with E-state index in [4.69, 9.17) is 15.2 Å². The van der Waals surface area contributed by atoms with Crippen molar-refractivity contribution in [2.24, 2.45) is 17.1 Å². The highest BCUT2D eigenvalue weighted by molar-refractivity contribution is 6.03. The molecular weight excluding hydrogens is 266 g/mol. The van der Waals surface area contributed by atoms with Crippen LogP contribution in [0.25, 0.3) is 0 Å². The molecule has 1 aromatic carbocycles. The molecule has 0 amide bonds. The number of hydrogen-bond donors (Lipinski definition) is 1. The van der Waals surface area contributed by atoms with Gasteiger partial charge in [0, 0.05) is 12.0 Å². The number of rotatable bonds is 5. The molecule has 0 unspecified atom stereocenters. The molecule has 116 valence electrons. The fourth-order valence-electron chi connectivity index (χ4n) is 3.12. The van der Waals surface area contributed by atoms with Gasteiger partial charge in [-0.05, 0) is 49.8 Å². The normalized spacial score (nSPS) is 25.4. The first-order chi connectivity index (χ1) is 10.1. The number of Topliss-reactive ketones (excluding diaryl/α,β-unsaturated/α-hetero) is 1. The van der Waals surface area contributed by atoms with Gasteiger partial charge < -0.3 is 15.2 Å². The van der Waals surface area contributed by atoms with Crippen LogP contribution in [0.2, 0.25) is 0 Å². The molecule has 1 aliphatic carbocycles. The lowest BCUT2D eigenvalue weighted by atomic mass is 9.67. The Morgan fingerprint density at radius 3 is 2.48 bits per heavy atom. The van der Waals surface area contributed by atoms with Crippen molar-refractivity contribution in [3.63, 3.8) is 0 Å². The maximum Gasteiger partial charge on any atom is 0.174 e. The van der Waals surface area contributed by atoms with Gasteiger partial charge in [-0.25, -0.2) is 0 Å². The molecule has 0 aromatic heterocycles. The van der Waals surface area contributed by atoms with E-state index in [0.717, 1.165) is 25.7 Å². The zero-order chi connectivity index (χ0) is 15.5. The van der Waals surface area contributed by atoms with Crippen LogP contribution in [0.15, 0.2) is 18.2 Å². The molecule has 4 nitrogen and oxygen atoms in total. The van der Waals surface area contributed by atoms with Crippen molar-refractivity contribution in [3.8, 4) is 11.5 Å². The molecule has 0 bridgehead atoms. The topological polar surface area (TPSA) is 61.5 Å². The second kappa shape index (κ2) is 6.48. The Balaban J connectivity index is 2.37. The van der Waals surface area contributed by atoms with Crippen LogP contribution in [0.5, 0.6) is 11.5 Å². The molecule has 0 atom stereocenters. The molecule has 2 N–H and O–H groups in total. The lowest BCUT2D eigenvalue weighted by molar-refractivity contribution is 0.0692. The first-order valence-corrected chi connectivity index (χ1v) is 7.53. The molecule has 4 heteroatoms. The molecule has 0 spiro atoms. The lowest BCUT2D eigenvalue weighted by Gasteiger charge is -2.37. The van der Waals surface area contributed by atoms with Gasteiger partial charge in [0.2, 0.25) is 0 Å². The summed E-state index contributed by atoms with van der Waals surface area (Å²) in [6.45, 7) is 2.62.